The number of nitrogens with two attached hydrogens (primary N) is 1. The summed E-state index contributed by atoms with van der Waals surface area (Å²) in [7, 11) is -3.46. The van der Waals surface area contributed by atoms with E-state index in [0.717, 1.165) is 32.1 Å². The maximum absolute atomic E-state index is 14.4. The average Bonchev–Trinajstić information content (AvgIpc) is 3.23. The number of carbonyl (C=O) groups is 5. The van der Waals surface area contributed by atoms with Gasteiger partial charge in [0.05, 0.1) is 16.0 Å². The third-order valence-corrected chi connectivity index (χ3v) is 15.2. The second kappa shape index (κ2) is 13.1. The van der Waals surface area contributed by atoms with Gasteiger partial charge in [0.2, 0.25) is 11.7 Å². The summed E-state index contributed by atoms with van der Waals surface area (Å²) in [5, 5.41) is -0.570. The number of sulfone groups is 1. The molecule has 1 saturated heterocycles. The fourth-order valence-electron chi connectivity index (χ4n) is 8.70. The van der Waals surface area contributed by atoms with E-state index in [2.05, 4.69) is 13.8 Å². The minimum Gasteiger partial charge on any atom is -0.363 e. The normalized spacial score (nSPS) is 29.3. The number of nitrogens with zero attached hydrogens (tertiary/aromatic N) is 1. The fourth-order valence-corrected chi connectivity index (χ4v) is 10.8. The fraction of sp³-hybridized carbons (Fsp3) is 0.861. The van der Waals surface area contributed by atoms with Crippen LogP contribution in [0.15, 0.2) is 0 Å². The van der Waals surface area contributed by atoms with Crippen LogP contribution in [0.3, 0.4) is 0 Å². The van der Waals surface area contributed by atoms with Crippen molar-refractivity contribution in [2.24, 2.45) is 52.1 Å². The van der Waals surface area contributed by atoms with Crippen LogP contribution in [0.1, 0.15) is 126 Å². The van der Waals surface area contributed by atoms with Gasteiger partial charge in [-0.1, -0.05) is 66.7 Å². The predicted molar refractivity (Wildman–Crippen MR) is 177 cm³/mol. The summed E-state index contributed by atoms with van der Waals surface area (Å²) < 4.78 is 26.0. The van der Waals surface area contributed by atoms with Crippen LogP contribution in [0, 0.1) is 46.3 Å². The Hall–Kier alpha value is -2.10. The van der Waals surface area contributed by atoms with Crippen molar-refractivity contribution in [3.63, 3.8) is 0 Å². The molecule has 46 heavy (non-hydrogen) atoms. The standard InChI is InChI=1S/C36H58N2O7S/c1-34(2,3)25(19-24(39)17-22-14-9-10-15-28(22)46(44,45)35(4,5)6)33(43)38-20-26-29(36(26,7)8)30(38)27(40)18-23(31(41)32(37)42)16-21-12-11-13-21/h21-23,25-26,28-30H,9-20H2,1-8H3,(H2,37,42)/t22-,23?,25-,26+,28-,29+,30-/m1/s1. The smallest absolute Gasteiger partial charge is 0.285 e. The van der Waals surface area contributed by atoms with Crippen molar-refractivity contribution < 1.29 is 32.4 Å². The first-order chi connectivity index (χ1) is 21.1. The molecule has 0 aromatic carbocycles. The van der Waals surface area contributed by atoms with E-state index in [0.29, 0.717) is 31.7 Å². The third kappa shape index (κ3) is 7.31. The molecule has 0 aromatic heterocycles. The summed E-state index contributed by atoms with van der Waals surface area (Å²) in [5.41, 5.74) is 4.67. The monoisotopic (exact) mass is 662 g/mol. The van der Waals surface area contributed by atoms with Gasteiger partial charge in [0.25, 0.3) is 5.91 Å². The van der Waals surface area contributed by atoms with Gasteiger partial charge in [-0.25, -0.2) is 8.42 Å². The quantitative estimate of drug-likeness (QED) is 0.271. The molecule has 7 atom stereocenters. The van der Waals surface area contributed by atoms with Gasteiger partial charge >= 0.3 is 0 Å². The molecule has 0 aromatic rings. The molecule has 3 aliphatic carbocycles. The molecule has 1 aliphatic heterocycles. The number of piperidine rings is 1. The zero-order valence-electron chi connectivity index (χ0n) is 29.4. The molecule has 1 heterocycles. The summed E-state index contributed by atoms with van der Waals surface area (Å²) in [4.78, 5) is 68.5. The van der Waals surface area contributed by atoms with Crippen molar-refractivity contribution in [1.82, 2.24) is 4.90 Å². The second-order valence-electron chi connectivity index (χ2n) is 17.6. The Labute approximate surface area is 276 Å². The average molecular weight is 663 g/mol. The zero-order chi connectivity index (χ0) is 34.6. The van der Waals surface area contributed by atoms with Crippen molar-refractivity contribution in [2.75, 3.05) is 6.54 Å². The number of primary amides is 1. The lowest BCUT2D eigenvalue weighted by Gasteiger charge is -2.38. The predicted octanol–water partition coefficient (Wildman–Crippen LogP) is 5.07. The van der Waals surface area contributed by atoms with Crippen LogP contribution in [0.25, 0.3) is 0 Å². The van der Waals surface area contributed by atoms with Gasteiger partial charge in [-0.3, -0.25) is 24.0 Å². The maximum Gasteiger partial charge on any atom is 0.285 e. The lowest BCUT2D eigenvalue weighted by molar-refractivity contribution is -0.148. The molecule has 0 bridgehead atoms. The van der Waals surface area contributed by atoms with Gasteiger partial charge in [-0.05, 0) is 74.5 Å². The van der Waals surface area contributed by atoms with Crippen LogP contribution >= 0.6 is 0 Å². The van der Waals surface area contributed by atoms with E-state index in [1.165, 1.54) is 0 Å². The van der Waals surface area contributed by atoms with E-state index in [1.54, 1.807) is 25.7 Å². The molecule has 4 fully saturated rings. The second-order valence-corrected chi connectivity index (χ2v) is 20.5. The first kappa shape index (κ1) is 36.7. The summed E-state index contributed by atoms with van der Waals surface area (Å²) >= 11 is 0. The Balaban J connectivity index is 1.53. The van der Waals surface area contributed by atoms with Gasteiger partial charge in [0.1, 0.15) is 5.78 Å². The highest BCUT2D eigenvalue weighted by atomic mass is 32.2. The molecule has 1 unspecified atom stereocenters. The minimum absolute atomic E-state index is 0.0122. The molecule has 2 N–H and O–H groups in total. The molecule has 3 saturated carbocycles. The number of hydrogen-bond donors (Lipinski definition) is 1. The molecular weight excluding hydrogens is 604 g/mol. The van der Waals surface area contributed by atoms with E-state index in [1.807, 2.05) is 20.8 Å². The van der Waals surface area contributed by atoms with Crippen LogP contribution < -0.4 is 5.73 Å². The molecule has 0 radical (unpaired) electrons. The number of fused-ring (bicyclic) bond motifs is 1. The number of ketones is 3. The third-order valence-electron chi connectivity index (χ3n) is 12.1. The van der Waals surface area contributed by atoms with Crippen LogP contribution in [0.5, 0.6) is 0 Å². The van der Waals surface area contributed by atoms with Crippen molar-refractivity contribution in [2.45, 2.75) is 142 Å². The van der Waals surface area contributed by atoms with Gasteiger partial charge in [-0.15, -0.1) is 0 Å². The van der Waals surface area contributed by atoms with Crippen molar-refractivity contribution in [1.29, 1.82) is 0 Å². The number of Topliss-reactive ketones (excluding diaryl/α,β-unsaturated/α-hetero) is 3. The highest BCUT2D eigenvalue weighted by Crippen LogP contribution is 2.65. The van der Waals surface area contributed by atoms with E-state index in [-0.39, 0.29) is 59.9 Å². The lowest BCUT2D eigenvalue weighted by atomic mass is 9.74. The molecule has 260 valence electrons. The van der Waals surface area contributed by atoms with Crippen LogP contribution in [-0.2, 0) is 33.8 Å². The Morgan fingerprint density at radius 1 is 0.891 bits per heavy atom. The largest absolute Gasteiger partial charge is 0.363 e. The molecule has 0 spiro atoms. The molecule has 4 rings (SSSR count). The van der Waals surface area contributed by atoms with E-state index >= 15 is 0 Å². The highest BCUT2D eigenvalue weighted by molar-refractivity contribution is 7.93. The van der Waals surface area contributed by atoms with Gasteiger partial charge < -0.3 is 10.6 Å². The Kier molecular flexibility index (Phi) is 10.4. The molecular formula is C36H58N2O7S. The van der Waals surface area contributed by atoms with Crippen molar-refractivity contribution in [3.8, 4) is 0 Å². The molecule has 10 heteroatoms. The summed E-state index contributed by atoms with van der Waals surface area (Å²) in [6, 6.07) is -0.711. The summed E-state index contributed by atoms with van der Waals surface area (Å²) in [6.45, 7) is 15.5. The number of carbonyl (C=O) groups excluding carboxylic acids is 5. The molecule has 2 amide bonds. The number of amides is 2. The van der Waals surface area contributed by atoms with Crippen LogP contribution in [0.4, 0.5) is 0 Å². The van der Waals surface area contributed by atoms with E-state index < -0.39 is 54.8 Å². The van der Waals surface area contributed by atoms with Crippen molar-refractivity contribution in [3.05, 3.63) is 0 Å². The Morgan fingerprint density at radius 2 is 1.50 bits per heavy atom. The molecule has 9 nitrogen and oxygen atoms in total. The SMILES string of the molecule is CC(C)(C)[C@H](CC(=O)C[C@H]1CCCC[C@H]1S(=O)(=O)C(C)(C)C)C(=O)N1C[C@H]2[C@@H]([C@H]1C(=O)CC(CC1CCC1)C(=O)C(N)=O)C2(C)C. The van der Waals surface area contributed by atoms with E-state index in [4.69, 9.17) is 5.73 Å². The summed E-state index contributed by atoms with van der Waals surface area (Å²) in [5.74, 6) is -3.63. The summed E-state index contributed by atoms with van der Waals surface area (Å²) in [6.07, 6.45) is 6.38. The lowest BCUT2D eigenvalue weighted by Crippen LogP contribution is -2.51. The van der Waals surface area contributed by atoms with Gasteiger partial charge in [0, 0.05) is 37.6 Å². The molecule has 4 aliphatic rings. The minimum atomic E-state index is -3.46. The van der Waals surface area contributed by atoms with Crippen molar-refractivity contribution >= 4 is 39.0 Å². The highest BCUT2D eigenvalue weighted by Gasteiger charge is 2.69. The Morgan fingerprint density at radius 3 is 2.02 bits per heavy atom. The number of hydrogen-bond acceptors (Lipinski definition) is 7. The first-order valence-electron chi connectivity index (χ1n) is 17.5. The maximum atomic E-state index is 14.4. The zero-order valence-corrected chi connectivity index (χ0v) is 30.2. The number of likely N-dealkylation sites (tertiary alicyclic amines) is 1. The first-order valence-corrected chi connectivity index (χ1v) is 19.1. The van der Waals surface area contributed by atoms with E-state index in [9.17, 15) is 32.4 Å². The Bertz CT molecular complexity index is 1330. The van der Waals surface area contributed by atoms with Gasteiger partial charge in [-0.2, -0.15) is 0 Å². The van der Waals surface area contributed by atoms with Crippen LogP contribution in [-0.4, -0.2) is 65.1 Å². The van der Waals surface area contributed by atoms with Crippen LogP contribution in [0.2, 0.25) is 0 Å². The topological polar surface area (TPSA) is 149 Å². The number of rotatable bonds is 13. The van der Waals surface area contributed by atoms with Gasteiger partial charge in [0.15, 0.2) is 15.6 Å².